The van der Waals surface area contributed by atoms with Gasteiger partial charge in [-0.2, -0.15) is 0 Å². The van der Waals surface area contributed by atoms with Crippen LogP contribution in [0.5, 0.6) is 0 Å². The summed E-state index contributed by atoms with van der Waals surface area (Å²) in [5, 5.41) is 3.24. The fourth-order valence-electron chi connectivity index (χ4n) is 3.65. The van der Waals surface area contributed by atoms with Gasteiger partial charge in [0.1, 0.15) is 0 Å². The number of benzene rings is 2. The lowest BCUT2D eigenvalue weighted by molar-refractivity contribution is -0.120. The van der Waals surface area contributed by atoms with Crippen LogP contribution in [0.25, 0.3) is 0 Å². The number of methoxy groups -OCH3 is 1. The van der Waals surface area contributed by atoms with E-state index in [-0.39, 0.29) is 18.2 Å². The third kappa shape index (κ3) is 5.44. The van der Waals surface area contributed by atoms with E-state index in [2.05, 4.69) is 5.32 Å². The van der Waals surface area contributed by atoms with Crippen LogP contribution in [0.4, 0.5) is 5.69 Å². The zero-order chi connectivity index (χ0) is 22.6. The predicted octanol–water partition coefficient (Wildman–Crippen LogP) is 3.62. The first-order valence-electron chi connectivity index (χ1n) is 9.93. The summed E-state index contributed by atoms with van der Waals surface area (Å²) in [5.41, 5.74) is 2.00. The van der Waals surface area contributed by atoms with E-state index in [0.29, 0.717) is 46.8 Å². The maximum atomic E-state index is 12.9. The minimum atomic E-state index is -3.62. The van der Waals surface area contributed by atoms with Crippen LogP contribution in [0.1, 0.15) is 34.3 Å². The molecule has 1 atom stereocenters. The molecule has 0 saturated carbocycles. The summed E-state index contributed by atoms with van der Waals surface area (Å²) in [6.07, 6.45) is 1.17. The number of sulfonamides is 1. The SMILES string of the molecule is COC(=O)c1cccc(NC(=O)[C@@H]2CCCN(S(=O)(=O)Cc3ccccc3Cl)C2)c1C. The molecule has 0 bridgehead atoms. The molecule has 1 fully saturated rings. The molecule has 1 aliphatic heterocycles. The number of rotatable bonds is 6. The molecule has 7 nitrogen and oxygen atoms in total. The van der Waals surface area contributed by atoms with E-state index in [9.17, 15) is 18.0 Å². The molecule has 0 aliphatic carbocycles. The Balaban J connectivity index is 1.71. The van der Waals surface area contributed by atoms with Gasteiger partial charge in [0.15, 0.2) is 0 Å². The van der Waals surface area contributed by atoms with Crippen LogP contribution in [-0.4, -0.2) is 44.8 Å². The van der Waals surface area contributed by atoms with Crippen molar-refractivity contribution >= 4 is 39.2 Å². The van der Waals surface area contributed by atoms with Gasteiger partial charge in [-0.05, 0) is 49.1 Å². The zero-order valence-corrected chi connectivity index (χ0v) is 19.0. The Bertz CT molecular complexity index is 1090. The van der Waals surface area contributed by atoms with Crippen LogP contribution < -0.4 is 5.32 Å². The molecule has 166 valence electrons. The van der Waals surface area contributed by atoms with Crippen LogP contribution in [0.3, 0.4) is 0 Å². The first-order valence-corrected chi connectivity index (χ1v) is 11.9. The summed E-state index contributed by atoms with van der Waals surface area (Å²) >= 11 is 6.12. The quantitative estimate of drug-likeness (QED) is 0.659. The second-order valence-corrected chi connectivity index (χ2v) is 9.88. The molecule has 0 unspecified atom stereocenters. The normalized spacial score (nSPS) is 17.2. The molecule has 1 heterocycles. The Morgan fingerprint density at radius 2 is 1.94 bits per heavy atom. The first kappa shape index (κ1) is 23.2. The summed E-state index contributed by atoms with van der Waals surface area (Å²) in [5.74, 6) is -1.46. The molecule has 1 aliphatic rings. The van der Waals surface area contributed by atoms with Gasteiger partial charge in [-0.1, -0.05) is 35.9 Å². The third-order valence-corrected chi connectivity index (χ3v) is 7.60. The second kappa shape index (κ2) is 9.80. The molecule has 1 N–H and O–H groups in total. The summed E-state index contributed by atoms with van der Waals surface area (Å²) in [4.78, 5) is 24.8. The minimum absolute atomic E-state index is 0.106. The van der Waals surface area contributed by atoms with Crippen LogP contribution in [0.2, 0.25) is 5.02 Å². The van der Waals surface area contributed by atoms with Gasteiger partial charge in [0.2, 0.25) is 15.9 Å². The lowest BCUT2D eigenvalue weighted by atomic mass is 9.98. The second-order valence-electron chi connectivity index (χ2n) is 7.50. The summed E-state index contributed by atoms with van der Waals surface area (Å²) < 4.78 is 32.0. The van der Waals surface area contributed by atoms with Crippen molar-refractivity contribution in [1.29, 1.82) is 0 Å². The highest BCUT2D eigenvalue weighted by molar-refractivity contribution is 7.88. The number of carbonyl (C=O) groups excluding carboxylic acids is 2. The van der Waals surface area contributed by atoms with Gasteiger partial charge in [-0.25, -0.2) is 17.5 Å². The van der Waals surface area contributed by atoms with Crippen molar-refractivity contribution in [2.45, 2.75) is 25.5 Å². The van der Waals surface area contributed by atoms with Crippen molar-refractivity contribution in [3.8, 4) is 0 Å². The molecular weight excluding hydrogens is 440 g/mol. The molecule has 2 aromatic rings. The molecule has 0 radical (unpaired) electrons. The summed E-state index contributed by atoms with van der Waals surface area (Å²) in [7, 11) is -2.32. The number of halogens is 1. The van der Waals surface area contributed by atoms with Crippen molar-refractivity contribution in [1.82, 2.24) is 4.31 Å². The van der Waals surface area contributed by atoms with Gasteiger partial charge in [0, 0.05) is 23.8 Å². The van der Waals surface area contributed by atoms with Crippen LogP contribution in [0, 0.1) is 12.8 Å². The Labute approximate surface area is 187 Å². The predicted molar refractivity (Wildman–Crippen MR) is 120 cm³/mol. The van der Waals surface area contributed by atoms with Crippen molar-refractivity contribution < 1.29 is 22.7 Å². The highest BCUT2D eigenvalue weighted by atomic mass is 35.5. The molecule has 1 saturated heterocycles. The Morgan fingerprint density at radius 3 is 2.65 bits per heavy atom. The Morgan fingerprint density at radius 1 is 1.19 bits per heavy atom. The topological polar surface area (TPSA) is 92.8 Å². The van der Waals surface area contributed by atoms with E-state index in [0.717, 1.165) is 0 Å². The summed E-state index contributed by atoms with van der Waals surface area (Å²) in [6.45, 7) is 2.20. The number of hydrogen-bond donors (Lipinski definition) is 1. The fourth-order valence-corrected chi connectivity index (χ4v) is 5.57. The van der Waals surface area contributed by atoms with Crippen LogP contribution in [0.15, 0.2) is 42.5 Å². The van der Waals surface area contributed by atoms with E-state index in [1.54, 1.807) is 49.4 Å². The third-order valence-electron chi connectivity index (χ3n) is 5.44. The Kier molecular flexibility index (Phi) is 7.35. The average Bonchev–Trinajstić information content (AvgIpc) is 2.76. The van der Waals surface area contributed by atoms with E-state index >= 15 is 0 Å². The first-order chi connectivity index (χ1) is 14.7. The molecule has 31 heavy (non-hydrogen) atoms. The Hall–Kier alpha value is -2.42. The van der Waals surface area contributed by atoms with Gasteiger partial charge in [-0.3, -0.25) is 4.79 Å². The monoisotopic (exact) mass is 464 g/mol. The maximum absolute atomic E-state index is 12.9. The highest BCUT2D eigenvalue weighted by Gasteiger charge is 2.33. The number of amides is 1. The molecule has 0 spiro atoms. The lowest BCUT2D eigenvalue weighted by Gasteiger charge is -2.31. The molecule has 9 heteroatoms. The highest BCUT2D eigenvalue weighted by Crippen LogP contribution is 2.26. The van der Waals surface area contributed by atoms with Crippen molar-refractivity contribution in [2.24, 2.45) is 5.92 Å². The standard InChI is InChI=1S/C22H25ClN2O5S/c1-15-18(22(27)30-2)9-5-11-20(15)24-21(26)16-8-6-12-25(13-16)31(28,29)14-17-7-3-4-10-19(17)23/h3-5,7,9-11,16H,6,8,12-14H2,1-2H3,(H,24,26)/t16-/m1/s1. The van der Waals surface area contributed by atoms with Crippen LogP contribution in [-0.2, 0) is 25.3 Å². The minimum Gasteiger partial charge on any atom is -0.465 e. The van der Waals surface area contributed by atoms with Gasteiger partial charge in [-0.15, -0.1) is 0 Å². The molecule has 1 amide bonds. The fraction of sp³-hybridized carbons (Fsp3) is 0.364. The van der Waals surface area contributed by atoms with Gasteiger partial charge < -0.3 is 10.1 Å². The van der Waals surface area contributed by atoms with Gasteiger partial charge >= 0.3 is 5.97 Å². The smallest absolute Gasteiger partial charge is 0.338 e. The molecule has 2 aromatic carbocycles. The van der Waals surface area contributed by atoms with Gasteiger partial charge in [0.25, 0.3) is 0 Å². The summed E-state index contributed by atoms with van der Waals surface area (Å²) in [6, 6.07) is 11.8. The van der Waals surface area contributed by atoms with Gasteiger partial charge in [0.05, 0.1) is 24.3 Å². The van der Waals surface area contributed by atoms with E-state index < -0.39 is 21.9 Å². The lowest BCUT2D eigenvalue weighted by Crippen LogP contribution is -2.44. The molecule has 3 rings (SSSR count). The number of carbonyl (C=O) groups is 2. The number of ether oxygens (including phenoxy) is 1. The number of piperidine rings is 1. The zero-order valence-electron chi connectivity index (χ0n) is 17.4. The number of esters is 1. The number of nitrogens with one attached hydrogen (secondary N) is 1. The maximum Gasteiger partial charge on any atom is 0.338 e. The van der Waals surface area contributed by atoms with E-state index in [4.69, 9.17) is 16.3 Å². The van der Waals surface area contributed by atoms with E-state index in [1.807, 2.05) is 0 Å². The van der Waals surface area contributed by atoms with Crippen molar-refractivity contribution in [3.05, 3.63) is 64.2 Å². The average molecular weight is 465 g/mol. The molecular formula is C22H25ClN2O5S. The number of hydrogen-bond acceptors (Lipinski definition) is 5. The number of nitrogens with zero attached hydrogens (tertiary/aromatic N) is 1. The van der Waals surface area contributed by atoms with Crippen LogP contribution >= 0.6 is 11.6 Å². The number of anilines is 1. The molecule has 0 aromatic heterocycles. The largest absolute Gasteiger partial charge is 0.465 e. The van der Waals surface area contributed by atoms with Crippen molar-refractivity contribution in [2.75, 3.05) is 25.5 Å². The van der Waals surface area contributed by atoms with E-state index in [1.165, 1.54) is 11.4 Å². The van der Waals surface area contributed by atoms with Crippen molar-refractivity contribution in [3.63, 3.8) is 0 Å².